The number of aromatic amines is 1. The molecule has 4 nitrogen and oxygen atoms in total. The van der Waals surface area contributed by atoms with E-state index in [1.165, 1.54) is 0 Å². The molecule has 3 aromatic rings. The normalized spacial score (nSPS) is 11.8. The molecule has 118 valence electrons. The third kappa shape index (κ3) is 2.52. The van der Waals surface area contributed by atoms with Gasteiger partial charge in [0.2, 0.25) is 0 Å². The maximum atomic E-state index is 13.5. The van der Waals surface area contributed by atoms with Gasteiger partial charge in [0.1, 0.15) is 17.1 Å². The molecular weight excluding hydrogens is 316 g/mol. The Labute approximate surface area is 126 Å². The highest BCUT2D eigenvalue weighted by molar-refractivity contribution is 5.93. The van der Waals surface area contributed by atoms with Crippen molar-refractivity contribution in [2.75, 3.05) is 0 Å². The highest BCUT2D eigenvalue weighted by Crippen LogP contribution is 2.42. The number of alkyl halides is 3. The highest BCUT2D eigenvalue weighted by atomic mass is 19.4. The molecule has 0 atom stereocenters. The number of phenolic OH excluding ortho intramolecular Hbond substituents is 1. The lowest BCUT2D eigenvalue weighted by Crippen LogP contribution is -2.16. The number of halogens is 4. The van der Waals surface area contributed by atoms with Crippen molar-refractivity contribution in [2.45, 2.75) is 6.18 Å². The maximum Gasteiger partial charge on any atom is 0.417 e. The highest BCUT2D eigenvalue weighted by Gasteiger charge is 2.38. The van der Waals surface area contributed by atoms with Crippen LogP contribution in [-0.4, -0.2) is 15.1 Å². The largest absolute Gasteiger partial charge is 0.506 e. The molecule has 0 aliphatic carbocycles. The molecule has 2 aromatic carbocycles. The molecule has 0 aliphatic rings. The minimum absolute atomic E-state index is 0.0131. The number of aromatic nitrogens is 2. The summed E-state index contributed by atoms with van der Waals surface area (Å²) < 4.78 is 53.6. The molecule has 3 rings (SSSR count). The van der Waals surface area contributed by atoms with Gasteiger partial charge in [0.05, 0.1) is 17.3 Å². The predicted molar refractivity (Wildman–Crippen MR) is 74.4 cm³/mol. The van der Waals surface area contributed by atoms with E-state index in [0.29, 0.717) is 0 Å². The fourth-order valence-electron chi connectivity index (χ4n) is 2.39. The van der Waals surface area contributed by atoms with Crippen molar-refractivity contribution in [3.8, 4) is 16.9 Å². The van der Waals surface area contributed by atoms with E-state index in [9.17, 15) is 27.5 Å². The van der Waals surface area contributed by atoms with Crippen LogP contribution in [0.4, 0.5) is 17.6 Å². The van der Waals surface area contributed by atoms with Crippen LogP contribution in [-0.2, 0) is 6.18 Å². The minimum Gasteiger partial charge on any atom is -0.506 e. The van der Waals surface area contributed by atoms with E-state index in [1.54, 1.807) is 0 Å². The summed E-state index contributed by atoms with van der Waals surface area (Å²) in [6.45, 7) is 0. The molecule has 1 aromatic heterocycles. The molecule has 0 fully saturated rings. The second kappa shape index (κ2) is 5.08. The van der Waals surface area contributed by atoms with Crippen molar-refractivity contribution in [1.82, 2.24) is 9.97 Å². The number of fused-ring (bicyclic) bond motifs is 1. The second-order valence-electron chi connectivity index (χ2n) is 4.78. The molecule has 0 radical (unpaired) electrons. The van der Waals surface area contributed by atoms with E-state index >= 15 is 0 Å². The van der Waals surface area contributed by atoms with Crippen molar-refractivity contribution in [3.63, 3.8) is 0 Å². The van der Waals surface area contributed by atoms with Gasteiger partial charge in [0.15, 0.2) is 0 Å². The lowest BCUT2D eigenvalue weighted by molar-refractivity contribution is -0.135. The Kier molecular flexibility index (Phi) is 3.32. The van der Waals surface area contributed by atoms with Crippen molar-refractivity contribution in [2.24, 2.45) is 0 Å². The van der Waals surface area contributed by atoms with Crippen LogP contribution in [0.3, 0.4) is 0 Å². The summed E-state index contributed by atoms with van der Waals surface area (Å²) in [5, 5.41) is 9.16. The standard InChI is InChI=1S/C15H8F4N2O2/c16-8-3-1-7(2-4-8)9-5-10(22)13-11(12(9)15(17,18)19)14(23)21-6-20-13/h1-6,22H,(H,20,21,23). The third-order valence-electron chi connectivity index (χ3n) is 3.33. The molecule has 0 bridgehead atoms. The van der Waals surface area contributed by atoms with Crippen LogP contribution in [0.25, 0.3) is 22.0 Å². The Morgan fingerprint density at radius 2 is 1.78 bits per heavy atom. The number of nitrogens with one attached hydrogen (secondary N) is 1. The first-order chi connectivity index (χ1) is 10.8. The summed E-state index contributed by atoms with van der Waals surface area (Å²) >= 11 is 0. The second-order valence-corrected chi connectivity index (χ2v) is 4.78. The van der Waals surface area contributed by atoms with Crippen molar-refractivity contribution >= 4 is 10.9 Å². The number of aromatic hydroxyl groups is 1. The molecule has 8 heteroatoms. The van der Waals surface area contributed by atoms with Gasteiger partial charge in [0, 0.05) is 0 Å². The fourth-order valence-corrected chi connectivity index (χ4v) is 2.39. The Morgan fingerprint density at radius 1 is 1.13 bits per heavy atom. The van der Waals surface area contributed by atoms with Gasteiger partial charge in [0.25, 0.3) is 5.56 Å². The number of rotatable bonds is 1. The van der Waals surface area contributed by atoms with Crippen LogP contribution in [0.5, 0.6) is 5.75 Å². The Bertz CT molecular complexity index is 947. The molecule has 0 saturated heterocycles. The van der Waals surface area contributed by atoms with E-state index in [4.69, 9.17) is 0 Å². The molecule has 0 amide bonds. The molecule has 0 saturated carbocycles. The lowest BCUT2D eigenvalue weighted by atomic mass is 9.95. The van der Waals surface area contributed by atoms with Crippen molar-refractivity contribution < 1.29 is 22.7 Å². The summed E-state index contributed by atoms with van der Waals surface area (Å²) in [5.41, 5.74) is -3.13. The monoisotopic (exact) mass is 324 g/mol. The average Bonchev–Trinajstić information content (AvgIpc) is 2.47. The zero-order valence-electron chi connectivity index (χ0n) is 11.3. The van der Waals surface area contributed by atoms with E-state index in [-0.39, 0.29) is 5.56 Å². The van der Waals surface area contributed by atoms with Gasteiger partial charge in [-0.1, -0.05) is 12.1 Å². The molecule has 0 aliphatic heterocycles. The maximum absolute atomic E-state index is 13.5. The first-order valence-electron chi connectivity index (χ1n) is 6.35. The Hall–Kier alpha value is -2.90. The fraction of sp³-hybridized carbons (Fsp3) is 0.0667. The van der Waals surface area contributed by atoms with Crippen molar-refractivity contribution in [1.29, 1.82) is 0 Å². The first kappa shape index (κ1) is 15.0. The van der Waals surface area contributed by atoms with Crippen LogP contribution in [0, 0.1) is 5.82 Å². The zero-order valence-corrected chi connectivity index (χ0v) is 11.3. The van der Waals surface area contributed by atoms with Crippen LogP contribution < -0.4 is 5.56 Å². The molecule has 0 unspecified atom stereocenters. The molecular formula is C15H8F4N2O2. The molecule has 2 N–H and O–H groups in total. The SMILES string of the molecule is O=c1[nH]cnc2c(O)cc(-c3ccc(F)cc3)c(C(F)(F)F)c12. The van der Waals surface area contributed by atoms with Gasteiger partial charge in [-0.05, 0) is 29.3 Å². The predicted octanol–water partition coefficient (Wildman–Crippen LogP) is 3.45. The van der Waals surface area contributed by atoms with Gasteiger partial charge in [-0.3, -0.25) is 4.79 Å². The molecule has 1 heterocycles. The minimum atomic E-state index is -4.87. The number of phenols is 1. The Morgan fingerprint density at radius 3 is 2.39 bits per heavy atom. The summed E-state index contributed by atoms with van der Waals surface area (Å²) in [6, 6.07) is 5.12. The van der Waals surface area contributed by atoms with E-state index < -0.39 is 45.3 Å². The lowest BCUT2D eigenvalue weighted by Gasteiger charge is -2.16. The van der Waals surface area contributed by atoms with Crippen molar-refractivity contribution in [3.05, 3.63) is 58.4 Å². The van der Waals surface area contributed by atoms with Crippen LogP contribution >= 0.6 is 0 Å². The zero-order chi connectivity index (χ0) is 16.8. The van der Waals surface area contributed by atoms with Gasteiger partial charge >= 0.3 is 6.18 Å². The van der Waals surface area contributed by atoms with Gasteiger partial charge in [-0.15, -0.1) is 0 Å². The summed E-state index contributed by atoms with van der Waals surface area (Å²) in [4.78, 5) is 17.5. The molecule has 23 heavy (non-hydrogen) atoms. The third-order valence-corrected chi connectivity index (χ3v) is 3.33. The number of hydrogen-bond donors (Lipinski definition) is 2. The van der Waals surface area contributed by atoms with Gasteiger partial charge in [-0.2, -0.15) is 13.2 Å². The van der Waals surface area contributed by atoms with Gasteiger partial charge in [-0.25, -0.2) is 9.37 Å². The van der Waals surface area contributed by atoms with Crippen LogP contribution in [0.2, 0.25) is 0 Å². The van der Waals surface area contributed by atoms with E-state index in [1.807, 2.05) is 0 Å². The number of nitrogens with zero attached hydrogens (tertiary/aromatic N) is 1. The summed E-state index contributed by atoms with van der Waals surface area (Å²) in [6.07, 6.45) is -3.96. The van der Waals surface area contributed by atoms with E-state index in [0.717, 1.165) is 36.7 Å². The average molecular weight is 324 g/mol. The first-order valence-corrected chi connectivity index (χ1v) is 6.35. The van der Waals surface area contributed by atoms with Crippen LogP contribution in [0.15, 0.2) is 41.5 Å². The van der Waals surface area contributed by atoms with Crippen LogP contribution in [0.1, 0.15) is 5.56 Å². The smallest absolute Gasteiger partial charge is 0.417 e. The quantitative estimate of drug-likeness (QED) is 0.674. The topological polar surface area (TPSA) is 66.0 Å². The Balaban J connectivity index is 2.49. The number of hydrogen-bond acceptors (Lipinski definition) is 3. The van der Waals surface area contributed by atoms with Gasteiger partial charge < -0.3 is 10.1 Å². The van der Waals surface area contributed by atoms with E-state index in [2.05, 4.69) is 9.97 Å². The summed E-state index contributed by atoms with van der Waals surface area (Å²) in [7, 11) is 0. The number of H-pyrrole nitrogens is 1. The molecule has 0 spiro atoms. The number of benzene rings is 2. The summed E-state index contributed by atoms with van der Waals surface area (Å²) in [5.74, 6) is -1.19.